The van der Waals surface area contributed by atoms with Gasteiger partial charge in [-0.05, 0) is 95.6 Å². The second-order valence-corrected chi connectivity index (χ2v) is 9.96. The van der Waals surface area contributed by atoms with Gasteiger partial charge in [0.05, 0.1) is 26.9 Å². The normalized spacial score (nSPS) is 14.8. The van der Waals surface area contributed by atoms with Crippen molar-refractivity contribution in [1.82, 2.24) is 5.32 Å². The molecular weight excluding hydrogens is 662 g/mol. The van der Waals surface area contributed by atoms with Crippen LogP contribution in [0.5, 0.6) is 17.2 Å². The van der Waals surface area contributed by atoms with Crippen LogP contribution in [0.15, 0.2) is 54.1 Å². The van der Waals surface area contributed by atoms with Gasteiger partial charge < -0.3 is 9.47 Å². The average molecular weight is 681 g/mol. The first-order valence-corrected chi connectivity index (χ1v) is 12.7. The Morgan fingerprint density at radius 2 is 1.71 bits per heavy atom. The van der Waals surface area contributed by atoms with E-state index in [4.69, 9.17) is 9.47 Å². The van der Waals surface area contributed by atoms with E-state index in [1.165, 1.54) is 25.3 Å². The summed E-state index contributed by atoms with van der Waals surface area (Å²) in [5.74, 6) is -2.30. The summed E-state index contributed by atoms with van der Waals surface area (Å²) in [4.78, 5) is 49.7. The molecule has 1 N–H and O–H groups in total. The first-order valence-electron chi connectivity index (χ1n) is 11.6. The van der Waals surface area contributed by atoms with E-state index >= 15 is 0 Å². The molecule has 0 aromatic heterocycles. The first kappa shape index (κ1) is 29.5. The van der Waals surface area contributed by atoms with E-state index in [-0.39, 0.29) is 31.9 Å². The third-order valence-electron chi connectivity index (χ3n) is 6.11. The van der Waals surface area contributed by atoms with Crippen molar-refractivity contribution in [3.05, 3.63) is 90.0 Å². The monoisotopic (exact) mass is 681 g/mol. The number of halogens is 4. The Morgan fingerprint density at radius 1 is 1.00 bits per heavy atom. The van der Waals surface area contributed by atoms with Crippen LogP contribution in [0.2, 0.25) is 0 Å². The van der Waals surface area contributed by atoms with E-state index < -0.39 is 45.9 Å². The maximum Gasteiger partial charge on any atom is 0.416 e. The smallest absolute Gasteiger partial charge is 0.416 e. The van der Waals surface area contributed by atoms with Gasteiger partial charge in [0, 0.05) is 6.07 Å². The number of aryl methyl sites for hydroxylation is 2. The molecule has 3 aromatic rings. The third kappa shape index (κ3) is 6.01. The average Bonchev–Trinajstić information content (AvgIpc) is 2.89. The molecule has 0 bridgehead atoms. The molecule has 0 radical (unpaired) electrons. The second-order valence-electron chi connectivity index (χ2n) is 8.80. The number of ether oxygens (including phenoxy) is 2. The van der Waals surface area contributed by atoms with Crippen LogP contribution in [-0.2, 0) is 15.8 Å². The molecular formula is C27H19F3IN3O7. The van der Waals surface area contributed by atoms with Gasteiger partial charge in [-0.2, -0.15) is 13.2 Å². The molecule has 10 nitrogen and oxygen atoms in total. The van der Waals surface area contributed by atoms with Crippen LogP contribution in [0, 0.1) is 27.5 Å². The Bertz CT molecular complexity index is 1650. The number of rotatable bonds is 6. The molecule has 0 saturated carbocycles. The summed E-state index contributed by atoms with van der Waals surface area (Å²) in [7, 11) is 1.26. The fourth-order valence-corrected chi connectivity index (χ4v) is 4.61. The van der Waals surface area contributed by atoms with Gasteiger partial charge in [0.1, 0.15) is 5.57 Å². The van der Waals surface area contributed by atoms with Crippen molar-refractivity contribution in [2.45, 2.75) is 20.0 Å². The van der Waals surface area contributed by atoms with Crippen molar-refractivity contribution in [1.29, 1.82) is 0 Å². The predicted molar refractivity (Wildman–Crippen MR) is 149 cm³/mol. The maximum absolute atomic E-state index is 13.3. The number of nitrogens with zero attached hydrogens (tertiary/aromatic N) is 2. The predicted octanol–water partition coefficient (Wildman–Crippen LogP) is 6.30. The van der Waals surface area contributed by atoms with E-state index in [9.17, 15) is 37.7 Å². The fraction of sp³-hybridized carbons (Fsp3) is 0.148. The highest BCUT2D eigenvalue weighted by Crippen LogP contribution is 2.42. The van der Waals surface area contributed by atoms with Crippen molar-refractivity contribution in [2.24, 2.45) is 0 Å². The highest BCUT2D eigenvalue weighted by atomic mass is 127. The lowest BCUT2D eigenvalue weighted by Crippen LogP contribution is -2.54. The number of benzene rings is 3. The van der Waals surface area contributed by atoms with Crippen molar-refractivity contribution in [3.8, 4) is 17.2 Å². The van der Waals surface area contributed by atoms with Crippen LogP contribution in [0.4, 0.5) is 29.3 Å². The number of carbonyl (C=O) groups excluding carboxylic acids is 3. The number of urea groups is 1. The minimum Gasteiger partial charge on any atom is -0.493 e. The lowest BCUT2D eigenvalue weighted by Gasteiger charge is -2.27. The second kappa shape index (κ2) is 11.2. The van der Waals surface area contributed by atoms with E-state index in [0.29, 0.717) is 12.1 Å². The van der Waals surface area contributed by atoms with Gasteiger partial charge in [-0.3, -0.25) is 25.0 Å². The van der Waals surface area contributed by atoms with E-state index in [1.807, 2.05) is 13.8 Å². The number of nitro groups is 1. The number of methoxy groups -OCH3 is 1. The molecule has 1 aliphatic heterocycles. The molecule has 0 spiro atoms. The maximum atomic E-state index is 13.3. The fourth-order valence-electron chi connectivity index (χ4n) is 3.88. The highest BCUT2D eigenvalue weighted by Gasteiger charge is 2.37. The number of nitrogens with one attached hydrogen (secondary N) is 1. The zero-order chi connectivity index (χ0) is 30.2. The molecule has 1 heterocycles. The number of carbonyl (C=O) groups is 3. The number of anilines is 1. The van der Waals surface area contributed by atoms with Gasteiger partial charge in [0.2, 0.25) is 5.75 Å². The molecule has 0 aliphatic carbocycles. The zero-order valence-corrected chi connectivity index (χ0v) is 23.6. The van der Waals surface area contributed by atoms with E-state index in [2.05, 4.69) is 5.32 Å². The highest BCUT2D eigenvalue weighted by molar-refractivity contribution is 14.1. The zero-order valence-electron chi connectivity index (χ0n) is 21.5. The Balaban J connectivity index is 1.72. The van der Waals surface area contributed by atoms with Crippen molar-refractivity contribution in [3.63, 3.8) is 0 Å². The number of alkyl halides is 3. The lowest BCUT2D eigenvalue weighted by atomic mass is 10.0. The molecule has 14 heteroatoms. The van der Waals surface area contributed by atoms with Crippen molar-refractivity contribution < 1.29 is 42.0 Å². The Hall–Kier alpha value is -4.47. The van der Waals surface area contributed by atoms with Crippen LogP contribution in [0.1, 0.15) is 22.3 Å². The molecule has 0 atom stereocenters. The minimum atomic E-state index is -4.80. The van der Waals surface area contributed by atoms with Crippen LogP contribution < -0.4 is 19.7 Å². The number of amides is 4. The Labute approximate surface area is 244 Å². The van der Waals surface area contributed by atoms with Crippen LogP contribution in [-0.4, -0.2) is 29.9 Å². The molecule has 212 valence electrons. The molecule has 3 aromatic carbocycles. The summed E-state index contributed by atoms with van der Waals surface area (Å²) in [5, 5.41) is 13.6. The lowest BCUT2D eigenvalue weighted by molar-refractivity contribution is -0.385. The Kier molecular flexibility index (Phi) is 8.05. The Morgan fingerprint density at radius 3 is 2.32 bits per heavy atom. The van der Waals surface area contributed by atoms with E-state index in [1.54, 1.807) is 40.8 Å². The van der Waals surface area contributed by atoms with Crippen molar-refractivity contribution in [2.75, 3.05) is 12.0 Å². The molecule has 1 aliphatic rings. The van der Waals surface area contributed by atoms with Crippen molar-refractivity contribution >= 4 is 57.9 Å². The summed E-state index contributed by atoms with van der Waals surface area (Å²) in [6, 6.07) is 8.70. The van der Waals surface area contributed by atoms with Crippen LogP contribution >= 0.6 is 22.6 Å². The quantitative estimate of drug-likeness (QED) is 0.106. The van der Waals surface area contributed by atoms with Crippen LogP contribution in [0.3, 0.4) is 0 Å². The summed E-state index contributed by atoms with van der Waals surface area (Å²) in [5.41, 5.74) is -0.178. The number of barbiturate groups is 1. The summed E-state index contributed by atoms with van der Waals surface area (Å²) < 4.78 is 50.5. The van der Waals surface area contributed by atoms with Gasteiger partial charge in [-0.1, -0.05) is 6.07 Å². The first-order chi connectivity index (χ1) is 19.2. The molecule has 0 unspecified atom stereocenters. The van der Waals surface area contributed by atoms with Crippen LogP contribution in [0.25, 0.3) is 6.08 Å². The largest absolute Gasteiger partial charge is 0.493 e. The third-order valence-corrected chi connectivity index (χ3v) is 6.91. The van der Waals surface area contributed by atoms with Gasteiger partial charge >= 0.3 is 17.9 Å². The molecule has 41 heavy (non-hydrogen) atoms. The van der Waals surface area contributed by atoms with Gasteiger partial charge in [-0.15, -0.1) is 0 Å². The number of nitro benzene ring substituents is 1. The molecule has 4 rings (SSSR count). The molecule has 1 saturated heterocycles. The van der Waals surface area contributed by atoms with E-state index in [0.717, 1.165) is 22.1 Å². The van der Waals surface area contributed by atoms with Gasteiger partial charge in [0.15, 0.2) is 11.5 Å². The minimum absolute atomic E-state index is 0.00343. The number of imide groups is 2. The summed E-state index contributed by atoms with van der Waals surface area (Å²) >= 11 is 1.80. The standard InChI is InChI=1S/C27H19F3IN3O7/c1-13-4-6-17(8-14(13)2)33-25(36)18(24(35)32-26(33)37)9-15-10-19(31)23(22(11-15)40-3)41-21-7-5-16(27(28,29)30)12-20(21)34(38)39/h4-12H,1-3H3,(H,32,35,37)/b18-9+. The summed E-state index contributed by atoms with van der Waals surface area (Å²) in [6.45, 7) is 3.68. The summed E-state index contributed by atoms with van der Waals surface area (Å²) in [6.07, 6.45) is -3.57. The van der Waals surface area contributed by atoms with Gasteiger partial charge in [0.25, 0.3) is 11.8 Å². The number of hydrogen-bond donors (Lipinski definition) is 1. The number of hydrogen-bond acceptors (Lipinski definition) is 7. The SMILES string of the molecule is COc1cc(/C=C2\C(=O)NC(=O)N(c3ccc(C)c(C)c3)C2=O)cc(I)c1Oc1ccc(C(F)(F)F)cc1[N+](=O)[O-]. The molecule has 1 fully saturated rings. The molecule has 4 amide bonds. The topological polar surface area (TPSA) is 128 Å². The van der Waals surface area contributed by atoms with Gasteiger partial charge in [-0.25, -0.2) is 9.69 Å².